The molecule has 0 aliphatic carbocycles. The molecule has 25 heavy (non-hydrogen) atoms. The third-order valence-corrected chi connectivity index (χ3v) is 5.35. The van der Waals surface area contributed by atoms with Gasteiger partial charge in [0.2, 0.25) is 0 Å². The Hall–Kier alpha value is -2.81. The van der Waals surface area contributed by atoms with Crippen LogP contribution in [0.4, 0.5) is 20.2 Å². The molecule has 0 aliphatic rings. The maximum Gasteiger partial charge on any atom is 0.270 e. The van der Waals surface area contributed by atoms with Crippen molar-refractivity contribution in [3.63, 3.8) is 0 Å². The zero-order valence-electron chi connectivity index (χ0n) is 13.1. The monoisotopic (exact) mass is 368 g/mol. The number of anilines is 1. The molecule has 0 bridgehead atoms. The number of hydrogen-bond donors (Lipinski definition) is 0. The Kier molecular flexibility index (Phi) is 5.17. The highest BCUT2D eigenvalue weighted by atomic mass is 32.2. The molecule has 0 atom stereocenters. The Labute approximate surface area is 143 Å². The van der Waals surface area contributed by atoms with Crippen LogP contribution in [-0.2, 0) is 10.0 Å². The minimum atomic E-state index is -4.34. The van der Waals surface area contributed by atoms with Crippen LogP contribution in [0.2, 0.25) is 0 Å². The number of nitro benzene ring substituents is 1. The SMILES string of the molecule is C=CCN(c1ccc(F)cc1F)S(=O)(=O)c1cc([N+](=O)[O-])ccc1C. The van der Waals surface area contributed by atoms with Gasteiger partial charge in [0.15, 0.2) is 0 Å². The first kappa shape index (κ1) is 18.5. The first-order chi connectivity index (χ1) is 11.7. The average Bonchev–Trinajstić information content (AvgIpc) is 2.53. The van der Waals surface area contributed by atoms with Gasteiger partial charge in [-0.3, -0.25) is 14.4 Å². The third kappa shape index (κ3) is 3.66. The molecule has 6 nitrogen and oxygen atoms in total. The zero-order chi connectivity index (χ0) is 18.8. The van der Waals surface area contributed by atoms with Gasteiger partial charge in [0, 0.05) is 18.2 Å². The molecule has 0 saturated heterocycles. The molecule has 0 aliphatic heterocycles. The van der Waals surface area contributed by atoms with E-state index in [-0.39, 0.29) is 22.7 Å². The molecule has 0 saturated carbocycles. The second-order valence-electron chi connectivity index (χ2n) is 5.13. The lowest BCUT2D eigenvalue weighted by atomic mass is 10.2. The van der Waals surface area contributed by atoms with Crippen molar-refractivity contribution < 1.29 is 22.1 Å². The molecule has 0 heterocycles. The molecule has 0 radical (unpaired) electrons. The largest absolute Gasteiger partial charge is 0.270 e. The number of benzene rings is 2. The van der Waals surface area contributed by atoms with Crippen LogP contribution in [0.25, 0.3) is 0 Å². The van der Waals surface area contributed by atoms with E-state index >= 15 is 0 Å². The van der Waals surface area contributed by atoms with E-state index < -0.39 is 32.3 Å². The molecule has 0 aromatic heterocycles. The van der Waals surface area contributed by atoms with Crippen LogP contribution < -0.4 is 4.31 Å². The standard InChI is InChI=1S/C16H14F2N2O4S/c1-3-8-19(15-7-5-12(17)9-14(15)18)25(23,24)16-10-13(20(21)22)6-4-11(16)2/h3-7,9-10H,1,8H2,2H3. The number of non-ortho nitro benzene ring substituents is 1. The second-order valence-corrected chi connectivity index (χ2v) is 6.96. The van der Waals surface area contributed by atoms with Crippen molar-refractivity contribution in [3.05, 3.63) is 76.4 Å². The fourth-order valence-electron chi connectivity index (χ4n) is 2.23. The van der Waals surface area contributed by atoms with E-state index in [1.807, 2.05) is 0 Å². The van der Waals surface area contributed by atoms with Gasteiger partial charge >= 0.3 is 0 Å². The Morgan fingerprint density at radius 2 is 1.92 bits per heavy atom. The summed E-state index contributed by atoms with van der Waals surface area (Å²) in [4.78, 5) is 9.86. The lowest BCUT2D eigenvalue weighted by Crippen LogP contribution is -2.32. The van der Waals surface area contributed by atoms with E-state index in [9.17, 15) is 27.3 Å². The highest BCUT2D eigenvalue weighted by Crippen LogP contribution is 2.30. The number of halogens is 2. The lowest BCUT2D eigenvalue weighted by molar-refractivity contribution is -0.385. The van der Waals surface area contributed by atoms with Crippen LogP contribution in [0.1, 0.15) is 5.56 Å². The van der Waals surface area contributed by atoms with Crippen molar-refractivity contribution in [2.75, 3.05) is 10.8 Å². The zero-order valence-corrected chi connectivity index (χ0v) is 14.0. The highest BCUT2D eigenvalue weighted by molar-refractivity contribution is 7.92. The summed E-state index contributed by atoms with van der Waals surface area (Å²) in [5.74, 6) is -1.93. The molecular weight excluding hydrogens is 354 g/mol. The molecule has 0 N–H and O–H groups in total. The average molecular weight is 368 g/mol. The summed E-state index contributed by atoms with van der Waals surface area (Å²) in [5, 5.41) is 10.9. The van der Waals surface area contributed by atoms with Gasteiger partial charge in [0.1, 0.15) is 11.6 Å². The molecule has 2 rings (SSSR count). The molecule has 132 valence electrons. The van der Waals surface area contributed by atoms with Gasteiger partial charge in [0.25, 0.3) is 15.7 Å². The summed E-state index contributed by atoms with van der Waals surface area (Å²) in [6.45, 7) is 4.60. The summed E-state index contributed by atoms with van der Waals surface area (Å²) >= 11 is 0. The topological polar surface area (TPSA) is 80.5 Å². The van der Waals surface area contributed by atoms with Gasteiger partial charge in [-0.15, -0.1) is 6.58 Å². The lowest BCUT2D eigenvalue weighted by Gasteiger charge is -2.24. The summed E-state index contributed by atoms with van der Waals surface area (Å²) in [6.07, 6.45) is 1.23. The van der Waals surface area contributed by atoms with Crippen molar-refractivity contribution in [2.24, 2.45) is 0 Å². The van der Waals surface area contributed by atoms with Gasteiger partial charge in [-0.2, -0.15) is 0 Å². The number of hydrogen-bond acceptors (Lipinski definition) is 4. The van der Waals surface area contributed by atoms with Crippen molar-refractivity contribution in [3.8, 4) is 0 Å². The minimum Gasteiger partial charge on any atom is -0.260 e. The predicted molar refractivity (Wildman–Crippen MR) is 88.9 cm³/mol. The number of aryl methyl sites for hydroxylation is 1. The summed E-state index contributed by atoms with van der Waals surface area (Å²) in [6, 6.07) is 5.83. The van der Waals surface area contributed by atoms with Gasteiger partial charge in [-0.25, -0.2) is 17.2 Å². The Morgan fingerprint density at radius 3 is 2.48 bits per heavy atom. The Morgan fingerprint density at radius 1 is 1.24 bits per heavy atom. The summed E-state index contributed by atoms with van der Waals surface area (Å²) < 4.78 is 53.8. The van der Waals surface area contributed by atoms with Crippen molar-refractivity contribution >= 4 is 21.4 Å². The molecule has 0 amide bonds. The van der Waals surface area contributed by atoms with E-state index in [0.29, 0.717) is 10.4 Å². The minimum absolute atomic E-state index is 0.252. The third-order valence-electron chi connectivity index (χ3n) is 3.42. The summed E-state index contributed by atoms with van der Waals surface area (Å²) in [7, 11) is -4.34. The molecule has 2 aromatic carbocycles. The molecule has 0 fully saturated rings. The van der Waals surface area contributed by atoms with Crippen LogP contribution in [0.3, 0.4) is 0 Å². The number of nitro groups is 1. The van der Waals surface area contributed by atoms with Crippen LogP contribution in [0.15, 0.2) is 53.9 Å². The van der Waals surface area contributed by atoms with E-state index in [0.717, 1.165) is 18.2 Å². The molecular formula is C16H14F2N2O4S. The van der Waals surface area contributed by atoms with Crippen LogP contribution in [0.5, 0.6) is 0 Å². The molecule has 9 heteroatoms. The van der Waals surface area contributed by atoms with Crippen molar-refractivity contribution in [2.45, 2.75) is 11.8 Å². The molecule has 0 unspecified atom stereocenters. The maximum atomic E-state index is 14.1. The second kappa shape index (κ2) is 6.98. The van der Waals surface area contributed by atoms with E-state index in [1.54, 1.807) is 0 Å². The van der Waals surface area contributed by atoms with Crippen molar-refractivity contribution in [1.82, 2.24) is 0 Å². The first-order valence-electron chi connectivity index (χ1n) is 7.02. The van der Waals surface area contributed by atoms with Crippen LogP contribution in [0, 0.1) is 28.7 Å². The number of sulfonamides is 1. The number of rotatable bonds is 6. The summed E-state index contributed by atoms with van der Waals surface area (Å²) in [5.41, 5.74) is -0.545. The van der Waals surface area contributed by atoms with Gasteiger partial charge in [-0.1, -0.05) is 12.1 Å². The van der Waals surface area contributed by atoms with E-state index in [4.69, 9.17) is 0 Å². The van der Waals surface area contributed by atoms with Crippen molar-refractivity contribution in [1.29, 1.82) is 0 Å². The molecule has 0 spiro atoms. The van der Waals surface area contributed by atoms with E-state index in [1.165, 1.54) is 25.1 Å². The Balaban J connectivity index is 2.67. The van der Waals surface area contributed by atoms with Gasteiger partial charge in [-0.05, 0) is 24.6 Å². The highest BCUT2D eigenvalue weighted by Gasteiger charge is 2.29. The predicted octanol–water partition coefficient (Wildman–Crippen LogP) is 3.56. The fraction of sp³-hybridized carbons (Fsp3) is 0.125. The van der Waals surface area contributed by atoms with E-state index in [2.05, 4.69) is 6.58 Å². The smallest absolute Gasteiger partial charge is 0.260 e. The van der Waals surface area contributed by atoms with Gasteiger partial charge < -0.3 is 0 Å². The first-order valence-corrected chi connectivity index (χ1v) is 8.46. The fourth-order valence-corrected chi connectivity index (χ4v) is 3.92. The van der Waals surface area contributed by atoms with Crippen LogP contribution >= 0.6 is 0 Å². The Bertz CT molecular complexity index is 945. The maximum absolute atomic E-state index is 14.1. The van der Waals surface area contributed by atoms with Crippen LogP contribution in [-0.4, -0.2) is 19.9 Å². The molecule has 2 aromatic rings. The normalized spacial score (nSPS) is 11.2. The number of nitrogens with zero attached hydrogens (tertiary/aromatic N) is 2. The van der Waals surface area contributed by atoms with Gasteiger partial charge in [0.05, 0.1) is 22.1 Å². The quantitative estimate of drug-likeness (QED) is 0.444.